The van der Waals surface area contributed by atoms with Crippen LogP contribution in [0.3, 0.4) is 0 Å². The van der Waals surface area contributed by atoms with Gasteiger partial charge in [-0.25, -0.2) is 0 Å². The van der Waals surface area contributed by atoms with Crippen molar-refractivity contribution in [2.75, 3.05) is 19.8 Å². The van der Waals surface area contributed by atoms with Crippen LogP contribution >= 0.6 is 0 Å². The van der Waals surface area contributed by atoms with Crippen LogP contribution in [0, 0.1) is 0 Å². The zero-order valence-corrected chi connectivity index (χ0v) is 19.6. The maximum atomic E-state index is 10.3. The van der Waals surface area contributed by atoms with Gasteiger partial charge in [-0.05, 0) is 33.2 Å². The van der Waals surface area contributed by atoms with Crippen molar-refractivity contribution in [3.63, 3.8) is 0 Å². The van der Waals surface area contributed by atoms with Crippen molar-refractivity contribution in [1.82, 2.24) is 0 Å². The summed E-state index contributed by atoms with van der Waals surface area (Å²) in [4.78, 5) is 10.3. The van der Waals surface area contributed by atoms with Crippen LogP contribution in [0.2, 0.25) is 0 Å². The van der Waals surface area contributed by atoms with E-state index in [1.807, 2.05) is 0 Å². The Morgan fingerprint density at radius 1 is 0.607 bits per heavy atom. The quantitative estimate of drug-likeness (QED) is 0.253. The molecule has 174 valence electrons. The zero-order valence-electron chi connectivity index (χ0n) is 19.6. The molecule has 0 saturated carbocycles. The second-order valence-corrected chi connectivity index (χ2v) is 6.81. The molecule has 0 aromatic heterocycles. The fourth-order valence-electron chi connectivity index (χ4n) is 2.33. The predicted octanol–water partition coefficient (Wildman–Crippen LogP) is 5.90. The number of unbranched alkanes of at least 4 members (excludes halogenated alkanes) is 12. The van der Waals surface area contributed by atoms with Crippen LogP contribution in [0.25, 0.3) is 0 Å². The third kappa shape index (κ3) is 63.8. The standard InChI is InChI=1S/C14H28O2.C5H13N.2C2H6O/c1-2-3-4-5-6-7-8-9-10-11-12-13-14(15)16;1-2-3-4-5-6;2*1-2-3/h2-13H2,1H3,(H,15,16);2-6H2,1H3;2*3H,2H2,1H3. The number of hydrogen-bond acceptors (Lipinski definition) is 4. The topological polar surface area (TPSA) is 104 Å². The van der Waals surface area contributed by atoms with Crippen molar-refractivity contribution in [2.45, 2.75) is 124 Å². The molecule has 0 aromatic rings. The summed E-state index contributed by atoms with van der Waals surface area (Å²) in [6, 6.07) is 0. The van der Waals surface area contributed by atoms with Gasteiger partial charge in [-0.3, -0.25) is 4.79 Å². The second kappa shape index (κ2) is 40.9. The number of aliphatic hydroxyl groups excluding tert-OH is 2. The summed E-state index contributed by atoms with van der Waals surface area (Å²) in [5, 5.41) is 23.6. The molecule has 0 aromatic carbocycles. The van der Waals surface area contributed by atoms with Crippen LogP contribution in [-0.2, 0) is 4.79 Å². The first-order chi connectivity index (χ1) is 13.5. The first-order valence-electron chi connectivity index (χ1n) is 11.7. The molecule has 0 spiro atoms. The van der Waals surface area contributed by atoms with E-state index in [4.69, 9.17) is 21.1 Å². The minimum atomic E-state index is -0.657. The SMILES string of the molecule is CCCCCCCCCCCCCC(=O)O.CCCCCN.CCO.CCO. The summed E-state index contributed by atoms with van der Waals surface area (Å²) in [6.45, 7) is 9.14. The lowest BCUT2D eigenvalue weighted by molar-refractivity contribution is -0.137. The van der Waals surface area contributed by atoms with Gasteiger partial charge >= 0.3 is 5.97 Å². The average molecular weight is 408 g/mol. The average Bonchev–Trinajstić information content (AvgIpc) is 2.66. The minimum absolute atomic E-state index is 0.250. The van der Waals surface area contributed by atoms with Crippen molar-refractivity contribution < 1.29 is 20.1 Å². The third-order valence-electron chi connectivity index (χ3n) is 3.80. The van der Waals surface area contributed by atoms with Crippen molar-refractivity contribution in [1.29, 1.82) is 0 Å². The van der Waals surface area contributed by atoms with E-state index in [0.717, 1.165) is 19.4 Å². The maximum Gasteiger partial charge on any atom is 0.303 e. The lowest BCUT2D eigenvalue weighted by Gasteiger charge is -2.01. The molecule has 0 aliphatic heterocycles. The van der Waals surface area contributed by atoms with Gasteiger partial charge in [-0.2, -0.15) is 0 Å². The highest BCUT2D eigenvalue weighted by Crippen LogP contribution is 2.11. The Balaban J connectivity index is -0.000000196. The molecular formula is C23H53NO4. The van der Waals surface area contributed by atoms with Crippen LogP contribution in [-0.4, -0.2) is 41.0 Å². The number of aliphatic hydroxyl groups is 2. The number of carbonyl (C=O) groups is 1. The van der Waals surface area contributed by atoms with Crippen LogP contribution in [0.5, 0.6) is 0 Å². The molecule has 0 rings (SSSR count). The molecule has 5 nitrogen and oxygen atoms in total. The number of hydrogen-bond donors (Lipinski definition) is 4. The number of rotatable bonds is 15. The molecule has 0 unspecified atom stereocenters. The summed E-state index contributed by atoms with van der Waals surface area (Å²) >= 11 is 0. The lowest BCUT2D eigenvalue weighted by Crippen LogP contribution is -1.96. The van der Waals surface area contributed by atoms with Gasteiger partial charge in [0.15, 0.2) is 0 Å². The number of nitrogens with two attached hydrogens (primary N) is 1. The highest BCUT2D eigenvalue weighted by Gasteiger charge is 1.96. The molecule has 0 heterocycles. The van der Waals surface area contributed by atoms with E-state index in [-0.39, 0.29) is 13.2 Å². The van der Waals surface area contributed by atoms with E-state index in [9.17, 15) is 4.79 Å². The minimum Gasteiger partial charge on any atom is -0.481 e. The van der Waals surface area contributed by atoms with E-state index in [1.54, 1.807) is 13.8 Å². The van der Waals surface area contributed by atoms with Crippen LogP contribution in [0.15, 0.2) is 0 Å². The normalized spacial score (nSPS) is 9.25. The summed E-state index contributed by atoms with van der Waals surface area (Å²) in [7, 11) is 0. The largest absolute Gasteiger partial charge is 0.481 e. The molecule has 5 heteroatoms. The third-order valence-corrected chi connectivity index (χ3v) is 3.80. The number of carboxylic acids is 1. The fourth-order valence-corrected chi connectivity index (χ4v) is 2.33. The van der Waals surface area contributed by atoms with Gasteiger partial charge in [-0.15, -0.1) is 0 Å². The molecule has 0 bridgehead atoms. The van der Waals surface area contributed by atoms with Gasteiger partial charge in [0.2, 0.25) is 0 Å². The van der Waals surface area contributed by atoms with E-state index in [1.165, 1.54) is 77.0 Å². The van der Waals surface area contributed by atoms with Crippen molar-refractivity contribution in [3.05, 3.63) is 0 Å². The Bertz CT molecular complexity index is 233. The monoisotopic (exact) mass is 407 g/mol. The van der Waals surface area contributed by atoms with Gasteiger partial charge in [0.25, 0.3) is 0 Å². The van der Waals surface area contributed by atoms with Crippen LogP contribution in [0.1, 0.15) is 124 Å². The van der Waals surface area contributed by atoms with Gasteiger partial charge < -0.3 is 21.1 Å². The van der Waals surface area contributed by atoms with E-state index >= 15 is 0 Å². The van der Waals surface area contributed by atoms with Gasteiger partial charge in [-0.1, -0.05) is 90.9 Å². The lowest BCUT2D eigenvalue weighted by atomic mass is 10.1. The summed E-state index contributed by atoms with van der Waals surface area (Å²) in [5.74, 6) is -0.657. The summed E-state index contributed by atoms with van der Waals surface area (Å²) in [6.07, 6.45) is 18.1. The Morgan fingerprint density at radius 3 is 1.14 bits per heavy atom. The molecule has 0 aliphatic carbocycles. The Labute approximate surface area is 176 Å². The molecule has 0 saturated heterocycles. The van der Waals surface area contributed by atoms with E-state index < -0.39 is 5.97 Å². The molecule has 0 amide bonds. The first kappa shape index (κ1) is 34.8. The molecular weight excluding hydrogens is 354 g/mol. The van der Waals surface area contributed by atoms with E-state index in [2.05, 4.69) is 13.8 Å². The Hall–Kier alpha value is -0.650. The highest BCUT2D eigenvalue weighted by molar-refractivity contribution is 5.66. The van der Waals surface area contributed by atoms with Gasteiger partial charge in [0, 0.05) is 19.6 Å². The van der Waals surface area contributed by atoms with Crippen molar-refractivity contribution in [2.24, 2.45) is 5.73 Å². The fraction of sp³-hybridized carbons (Fsp3) is 0.957. The molecule has 0 atom stereocenters. The molecule has 0 aliphatic rings. The molecule has 28 heavy (non-hydrogen) atoms. The van der Waals surface area contributed by atoms with Crippen molar-refractivity contribution in [3.8, 4) is 0 Å². The Morgan fingerprint density at radius 2 is 0.893 bits per heavy atom. The van der Waals surface area contributed by atoms with Crippen molar-refractivity contribution >= 4 is 5.97 Å². The molecule has 0 radical (unpaired) electrons. The summed E-state index contributed by atoms with van der Waals surface area (Å²) in [5.41, 5.74) is 5.21. The van der Waals surface area contributed by atoms with E-state index in [0.29, 0.717) is 6.42 Å². The number of aliphatic carboxylic acids is 1. The van der Waals surface area contributed by atoms with Crippen LogP contribution in [0.4, 0.5) is 0 Å². The first-order valence-corrected chi connectivity index (χ1v) is 11.7. The van der Waals surface area contributed by atoms with Crippen LogP contribution < -0.4 is 5.73 Å². The second-order valence-electron chi connectivity index (χ2n) is 6.81. The molecule has 0 fully saturated rings. The predicted molar refractivity (Wildman–Crippen MR) is 123 cm³/mol. The highest BCUT2D eigenvalue weighted by atomic mass is 16.4. The number of carboxylic acid groups (broad SMARTS) is 1. The summed E-state index contributed by atoms with van der Waals surface area (Å²) < 4.78 is 0. The Kier molecular flexibility index (Phi) is 50.9. The van der Waals surface area contributed by atoms with Gasteiger partial charge in [0.05, 0.1) is 0 Å². The molecule has 5 N–H and O–H groups in total. The maximum absolute atomic E-state index is 10.3. The zero-order chi connectivity index (χ0) is 22.3. The van der Waals surface area contributed by atoms with Gasteiger partial charge in [0.1, 0.15) is 0 Å². The smallest absolute Gasteiger partial charge is 0.303 e.